The molecule has 1 heterocycles. The Morgan fingerprint density at radius 2 is 0.907 bits per heavy atom. The van der Waals surface area contributed by atoms with Crippen LogP contribution in [0.5, 0.6) is 0 Å². The van der Waals surface area contributed by atoms with Crippen LogP contribution in [-0.4, -0.2) is 50.5 Å². The maximum absolute atomic E-state index is 6.93. The molecule has 5 aromatic carbocycles. The molecule has 0 spiro atoms. The molecule has 5 aromatic rings. The van der Waals surface area contributed by atoms with Crippen molar-refractivity contribution in [1.29, 1.82) is 0 Å². The number of benzene rings is 5. The molecular weight excluding hydrogens is 701 g/mol. The summed E-state index contributed by atoms with van der Waals surface area (Å²) in [5.74, 6) is 0. The molecule has 1 aliphatic rings. The third-order valence-electron chi connectivity index (χ3n) is 8.66. The Labute approximate surface area is 319 Å². The van der Waals surface area contributed by atoms with E-state index < -0.39 is 38.4 Å². The van der Waals surface area contributed by atoms with Crippen molar-refractivity contribution in [2.45, 2.75) is 71.0 Å². The van der Waals surface area contributed by atoms with Crippen molar-refractivity contribution < 1.29 is 37.3 Å². The maximum Gasteiger partial charge on any atom is 0.363 e. The highest BCUT2D eigenvalue weighted by Crippen LogP contribution is 2.57. The van der Waals surface area contributed by atoms with Crippen LogP contribution in [0.3, 0.4) is 0 Å². The van der Waals surface area contributed by atoms with Crippen LogP contribution in [0.25, 0.3) is 0 Å². The molecule has 1 unspecified atom stereocenters. The zero-order chi connectivity index (χ0) is 37.3. The molecule has 1 fully saturated rings. The monoisotopic (exact) mass is 751 g/mol. The van der Waals surface area contributed by atoms with Gasteiger partial charge in [0.25, 0.3) is 0 Å². The molecule has 0 N–H and O–H groups in total. The molecule has 6 rings (SSSR count). The molecule has 284 valence electrons. The lowest BCUT2D eigenvalue weighted by atomic mass is 9.98. The SMILES string of the molecule is CCOP(=Nc1ccccc1)(OCC)OC1O[C@H](COCc2ccccc2)[C@H](OCc2ccccc2)[C@H](OCc2ccccc2)[C@H]1OCc1ccccc1. The quantitative estimate of drug-likeness (QED) is 0.0727. The standard InChI is InChI=1S/C44H50NO8P/c1-3-50-54(51-4-2,45-39-28-18-9-19-29-39)53-44-43(49-33-38-26-16-8-17-27-38)42(48-32-37-24-14-7-15-25-37)41(47-31-36-22-12-6-13-23-36)40(52-44)34-46-30-35-20-10-5-11-21-35/h5-29,40-44H,3-4,30-34H2,1-2H3/t40-,41+,42+,43-,44?/m1/s1. The molecule has 9 nitrogen and oxygen atoms in total. The van der Waals surface area contributed by atoms with Crippen LogP contribution in [-0.2, 0) is 63.7 Å². The van der Waals surface area contributed by atoms with Crippen molar-refractivity contribution in [3.8, 4) is 0 Å². The van der Waals surface area contributed by atoms with Gasteiger partial charge in [-0.15, -0.1) is 0 Å². The van der Waals surface area contributed by atoms with Gasteiger partial charge in [0.2, 0.25) is 0 Å². The van der Waals surface area contributed by atoms with E-state index in [0.717, 1.165) is 22.3 Å². The number of hydrogen-bond acceptors (Lipinski definition) is 9. The zero-order valence-electron chi connectivity index (χ0n) is 30.9. The van der Waals surface area contributed by atoms with Crippen molar-refractivity contribution >= 4 is 13.4 Å². The van der Waals surface area contributed by atoms with Gasteiger partial charge < -0.3 is 32.7 Å². The summed E-state index contributed by atoms with van der Waals surface area (Å²) in [7, 11) is -3.42. The van der Waals surface area contributed by atoms with Crippen LogP contribution in [0.15, 0.2) is 156 Å². The number of ether oxygens (including phenoxy) is 5. The van der Waals surface area contributed by atoms with Gasteiger partial charge >= 0.3 is 7.74 Å². The summed E-state index contributed by atoms with van der Waals surface area (Å²) in [6, 6.07) is 49.7. The maximum atomic E-state index is 6.93. The lowest BCUT2D eigenvalue weighted by Crippen LogP contribution is -2.61. The van der Waals surface area contributed by atoms with Gasteiger partial charge in [0.1, 0.15) is 24.4 Å². The third kappa shape index (κ3) is 11.8. The van der Waals surface area contributed by atoms with Gasteiger partial charge in [0, 0.05) is 0 Å². The van der Waals surface area contributed by atoms with E-state index in [1.54, 1.807) is 0 Å². The molecule has 54 heavy (non-hydrogen) atoms. The Bertz CT molecular complexity index is 1810. The van der Waals surface area contributed by atoms with Gasteiger partial charge in [0.05, 0.1) is 51.9 Å². The minimum absolute atomic E-state index is 0.190. The van der Waals surface area contributed by atoms with Crippen LogP contribution in [0.1, 0.15) is 36.1 Å². The minimum Gasteiger partial charge on any atom is -0.374 e. The van der Waals surface area contributed by atoms with Crippen LogP contribution >= 0.6 is 7.74 Å². The van der Waals surface area contributed by atoms with E-state index in [2.05, 4.69) is 0 Å². The highest BCUT2D eigenvalue weighted by atomic mass is 31.2. The van der Waals surface area contributed by atoms with Gasteiger partial charge in [-0.1, -0.05) is 140 Å². The fourth-order valence-electron chi connectivity index (χ4n) is 6.11. The first-order valence-corrected chi connectivity index (χ1v) is 20.0. The minimum atomic E-state index is -3.42. The van der Waals surface area contributed by atoms with Crippen molar-refractivity contribution in [1.82, 2.24) is 0 Å². The molecule has 0 aliphatic carbocycles. The van der Waals surface area contributed by atoms with Crippen LogP contribution in [0, 0.1) is 0 Å². The van der Waals surface area contributed by atoms with Gasteiger partial charge in [-0.05, 0) is 48.2 Å². The average molecular weight is 752 g/mol. The largest absolute Gasteiger partial charge is 0.374 e. The highest BCUT2D eigenvalue weighted by molar-refractivity contribution is 7.51. The molecular formula is C44H50NO8P. The Morgan fingerprint density at radius 1 is 0.500 bits per heavy atom. The predicted molar refractivity (Wildman–Crippen MR) is 210 cm³/mol. The number of hydrogen-bond donors (Lipinski definition) is 0. The molecule has 1 aliphatic heterocycles. The lowest BCUT2D eigenvalue weighted by molar-refractivity contribution is -0.312. The summed E-state index contributed by atoms with van der Waals surface area (Å²) in [6.45, 7) is 5.85. The van der Waals surface area contributed by atoms with E-state index in [0.29, 0.717) is 38.7 Å². The second kappa shape index (κ2) is 21.2. The van der Waals surface area contributed by atoms with E-state index >= 15 is 0 Å². The smallest absolute Gasteiger partial charge is 0.363 e. The fraction of sp³-hybridized carbons (Fsp3) is 0.318. The van der Waals surface area contributed by atoms with Gasteiger partial charge in [0.15, 0.2) is 6.29 Å². The molecule has 1 saturated heterocycles. The highest BCUT2D eigenvalue weighted by Gasteiger charge is 2.51. The summed E-state index contributed by atoms with van der Waals surface area (Å²) in [4.78, 5) is 0. The lowest BCUT2D eigenvalue weighted by Gasteiger charge is -2.46. The summed E-state index contributed by atoms with van der Waals surface area (Å²) in [6.07, 6.45) is -3.78. The van der Waals surface area contributed by atoms with Crippen molar-refractivity contribution in [2.24, 2.45) is 4.74 Å². The Kier molecular flexibility index (Phi) is 15.6. The molecule has 10 heteroatoms. The van der Waals surface area contributed by atoms with Crippen LogP contribution < -0.4 is 0 Å². The Balaban J connectivity index is 1.40. The average Bonchev–Trinajstić information content (AvgIpc) is 3.21. The fourth-order valence-corrected chi connectivity index (χ4v) is 7.96. The number of nitrogens with zero attached hydrogens (tertiary/aromatic N) is 1. The topological polar surface area (TPSA) is 86.2 Å². The van der Waals surface area contributed by atoms with Crippen LogP contribution in [0.4, 0.5) is 5.69 Å². The van der Waals surface area contributed by atoms with E-state index in [1.807, 2.05) is 166 Å². The van der Waals surface area contributed by atoms with E-state index in [1.165, 1.54) is 0 Å². The van der Waals surface area contributed by atoms with E-state index in [9.17, 15) is 0 Å². The Hall–Kier alpha value is -3.99. The van der Waals surface area contributed by atoms with Crippen LogP contribution in [0.2, 0.25) is 0 Å². The Morgan fingerprint density at radius 3 is 1.37 bits per heavy atom. The second-order valence-electron chi connectivity index (χ2n) is 12.7. The van der Waals surface area contributed by atoms with E-state index in [-0.39, 0.29) is 13.2 Å². The molecule has 5 atom stereocenters. The molecule has 0 amide bonds. The van der Waals surface area contributed by atoms with Gasteiger partial charge in [-0.3, -0.25) is 4.52 Å². The zero-order valence-corrected chi connectivity index (χ0v) is 31.8. The number of rotatable bonds is 20. The summed E-state index contributed by atoms with van der Waals surface area (Å²) < 4.78 is 58.3. The second-order valence-corrected chi connectivity index (χ2v) is 14.5. The normalized spacial score (nSPS) is 20.1. The summed E-state index contributed by atoms with van der Waals surface area (Å²) >= 11 is 0. The summed E-state index contributed by atoms with van der Waals surface area (Å²) in [5, 5.41) is 0. The molecule has 0 saturated carbocycles. The first-order valence-electron chi connectivity index (χ1n) is 18.5. The third-order valence-corrected chi connectivity index (χ3v) is 10.8. The van der Waals surface area contributed by atoms with Crippen molar-refractivity contribution in [3.63, 3.8) is 0 Å². The first kappa shape index (κ1) is 39.7. The van der Waals surface area contributed by atoms with Crippen molar-refractivity contribution in [2.75, 3.05) is 19.8 Å². The molecule has 0 bridgehead atoms. The molecule has 0 aromatic heterocycles. The predicted octanol–water partition coefficient (Wildman–Crippen LogP) is 10.1. The van der Waals surface area contributed by atoms with Crippen molar-refractivity contribution in [3.05, 3.63) is 174 Å². The molecule has 0 radical (unpaired) electrons. The van der Waals surface area contributed by atoms with Gasteiger partial charge in [-0.2, -0.15) is 4.74 Å². The summed E-state index contributed by atoms with van der Waals surface area (Å²) in [5.41, 5.74) is 4.71. The first-order chi connectivity index (χ1) is 26.6. The van der Waals surface area contributed by atoms with E-state index in [4.69, 9.17) is 42.0 Å². The van der Waals surface area contributed by atoms with Gasteiger partial charge in [-0.25, -0.2) is 0 Å².